The largest absolute Gasteiger partial charge is 0.494 e. The highest BCUT2D eigenvalue weighted by Gasteiger charge is 2.09. The van der Waals surface area contributed by atoms with E-state index in [0.29, 0.717) is 13.2 Å². The fraction of sp³-hybridized carbons (Fsp3) is 0.500. The number of nitrogens with two attached hydrogens (primary N) is 1. The number of rotatable bonds is 4. The van der Waals surface area contributed by atoms with Gasteiger partial charge in [0.25, 0.3) is 0 Å². The predicted octanol–water partition coefficient (Wildman–Crippen LogP) is 1.49. The summed E-state index contributed by atoms with van der Waals surface area (Å²) < 4.78 is 11.0. The monoisotopic (exact) mass is 207 g/mol. The molecular weight excluding hydrogens is 190 g/mol. The first-order valence-electron chi connectivity index (χ1n) is 5.42. The number of hydrogen-bond donors (Lipinski definition) is 1. The second-order valence-electron chi connectivity index (χ2n) is 3.72. The van der Waals surface area contributed by atoms with E-state index in [0.717, 1.165) is 31.8 Å². The maximum atomic E-state index is 5.59. The van der Waals surface area contributed by atoms with Crippen molar-refractivity contribution in [3.63, 3.8) is 0 Å². The van der Waals surface area contributed by atoms with Gasteiger partial charge in [-0.2, -0.15) is 0 Å². The van der Waals surface area contributed by atoms with E-state index in [2.05, 4.69) is 12.1 Å². The van der Waals surface area contributed by atoms with Crippen LogP contribution < -0.4 is 10.5 Å². The van der Waals surface area contributed by atoms with Gasteiger partial charge in [-0.1, -0.05) is 6.07 Å². The highest BCUT2D eigenvalue weighted by molar-refractivity contribution is 5.36. The van der Waals surface area contributed by atoms with Gasteiger partial charge in [0, 0.05) is 0 Å². The van der Waals surface area contributed by atoms with Gasteiger partial charge in [0.15, 0.2) is 0 Å². The van der Waals surface area contributed by atoms with Gasteiger partial charge >= 0.3 is 0 Å². The van der Waals surface area contributed by atoms with Gasteiger partial charge in [-0.3, -0.25) is 0 Å². The lowest BCUT2D eigenvalue weighted by molar-refractivity contribution is 0.110. The number of benzene rings is 1. The van der Waals surface area contributed by atoms with Crippen molar-refractivity contribution in [2.24, 2.45) is 5.73 Å². The maximum Gasteiger partial charge on any atom is 0.119 e. The second-order valence-corrected chi connectivity index (χ2v) is 3.72. The lowest BCUT2D eigenvalue weighted by atomic mass is 10.0. The molecule has 2 N–H and O–H groups in total. The molecule has 0 saturated carbocycles. The molecule has 82 valence electrons. The third-order valence-electron chi connectivity index (χ3n) is 2.57. The Balaban J connectivity index is 2.00. The second kappa shape index (κ2) is 5.14. The first kappa shape index (κ1) is 10.5. The first-order chi connectivity index (χ1) is 7.40. The Morgan fingerprint density at radius 2 is 2.27 bits per heavy atom. The smallest absolute Gasteiger partial charge is 0.119 e. The first-order valence-corrected chi connectivity index (χ1v) is 5.42. The molecule has 0 aromatic heterocycles. The molecule has 0 saturated heterocycles. The summed E-state index contributed by atoms with van der Waals surface area (Å²) in [6, 6.07) is 6.21. The fourth-order valence-electron chi connectivity index (χ4n) is 1.70. The van der Waals surface area contributed by atoms with Gasteiger partial charge in [-0.25, -0.2) is 0 Å². The molecule has 1 heterocycles. The molecule has 0 atom stereocenters. The minimum atomic E-state index is 0.679. The molecule has 0 unspecified atom stereocenters. The molecule has 0 bridgehead atoms. The van der Waals surface area contributed by atoms with Crippen LogP contribution in [0.15, 0.2) is 18.2 Å². The van der Waals surface area contributed by atoms with E-state index in [4.69, 9.17) is 15.2 Å². The van der Waals surface area contributed by atoms with Crippen LogP contribution in [0.4, 0.5) is 0 Å². The molecular formula is C12H17NO2. The quantitative estimate of drug-likeness (QED) is 0.761. The topological polar surface area (TPSA) is 44.5 Å². The zero-order valence-corrected chi connectivity index (χ0v) is 8.87. The van der Waals surface area contributed by atoms with Gasteiger partial charge in [-0.05, 0) is 42.6 Å². The Morgan fingerprint density at radius 1 is 1.33 bits per heavy atom. The summed E-state index contributed by atoms with van der Waals surface area (Å²) in [5.74, 6) is 0.948. The molecule has 1 aromatic rings. The molecule has 2 rings (SSSR count). The van der Waals surface area contributed by atoms with Crippen LogP contribution in [0.25, 0.3) is 0 Å². The van der Waals surface area contributed by atoms with E-state index in [-0.39, 0.29) is 0 Å². The van der Waals surface area contributed by atoms with Gasteiger partial charge in [0.05, 0.1) is 19.8 Å². The highest BCUT2D eigenvalue weighted by Crippen LogP contribution is 2.22. The zero-order chi connectivity index (χ0) is 10.5. The van der Waals surface area contributed by atoms with Crippen LogP contribution in [0.1, 0.15) is 17.5 Å². The van der Waals surface area contributed by atoms with Crippen LogP contribution in [0.5, 0.6) is 5.75 Å². The molecule has 3 heteroatoms. The van der Waals surface area contributed by atoms with E-state index >= 15 is 0 Å². The summed E-state index contributed by atoms with van der Waals surface area (Å²) in [5, 5.41) is 0. The molecule has 0 radical (unpaired) electrons. The molecule has 0 amide bonds. The summed E-state index contributed by atoms with van der Waals surface area (Å²) in [6.07, 6.45) is 1.89. The van der Waals surface area contributed by atoms with E-state index in [1.807, 2.05) is 6.07 Å². The minimum Gasteiger partial charge on any atom is -0.494 e. The van der Waals surface area contributed by atoms with Gasteiger partial charge in [0.2, 0.25) is 0 Å². The van der Waals surface area contributed by atoms with E-state index < -0.39 is 0 Å². The Hall–Kier alpha value is -1.06. The molecule has 15 heavy (non-hydrogen) atoms. The summed E-state index contributed by atoms with van der Waals surface area (Å²) in [7, 11) is 0. The average molecular weight is 207 g/mol. The third kappa shape index (κ3) is 2.70. The number of hydrogen-bond acceptors (Lipinski definition) is 3. The van der Waals surface area contributed by atoms with Crippen LogP contribution in [-0.4, -0.2) is 19.8 Å². The summed E-state index contributed by atoms with van der Waals surface area (Å²) in [5.41, 5.74) is 8.04. The predicted molar refractivity (Wildman–Crippen MR) is 59.0 cm³/mol. The van der Waals surface area contributed by atoms with Crippen molar-refractivity contribution in [2.45, 2.75) is 19.4 Å². The minimum absolute atomic E-state index is 0.679. The molecule has 1 aliphatic rings. The molecule has 1 aliphatic heterocycles. The molecule has 3 nitrogen and oxygen atoms in total. The van der Waals surface area contributed by atoms with Crippen LogP contribution in [0.3, 0.4) is 0 Å². The SMILES string of the molecule is NCCCOc1ccc2c(c1)CCOC2. The Bertz CT molecular complexity index is 325. The van der Waals surface area contributed by atoms with Crippen LogP contribution in [0, 0.1) is 0 Å². The lowest BCUT2D eigenvalue weighted by Crippen LogP contribution is -2.10. The lowest BCUT2D eigenvalue weighted by Gasteiger charge is -2.17. The van der Waals surface area contributed by atoms with E-state index in [1.54, 1.807) is 0 Å². The Kier molecular flexibility index (Phi) is 3.59. The Labute approximate surface area is 90.2 Å². The zero-order valence-electron chi connectivity index (χ0n) is 8.87. The number of ether oxygens (including phenoxy) is 2. The van der Waals surface area contributed by atoms with Crippen molar-refractivity contribution in [1.82, 2.24) is 0 Å². The van der Waals surface area contributed by atoms with Crippen molar-refractivity contribution in [2.75, 3.05) is 19.8 Å². The summed E-state index contributed by atoms with van der Waals surface area (Å²) in [4.78, 5) is 0. The Morgan fingerprint density at radius 3 is 3.13 bits per heavy atom. The van der Waals surface area contributed by atoms with E-state index in [9.17, 15) is 0 Å². The summed E-state index contributed by atoms with van der Waals surface area (Å²) >= 11 is 0. The average Bonchev–Trinajstić information content (AvgIpc) is 2.29. The van der Waals surface area contributed by atoms with Crippen molar-refractivity contribution in [3.05, 3.63) is 29.3 Å². The maximum absolute atomic E-state index is 5.59. The molecule has 0 fully saturated rings. The van der Waals surface area contributed by atoms with Crippen molar-refractivity contribution >= 4 is 0 Å². The van der Waals surface area contributed by atoms with Crippen molar-refractivity contribution in [1.29, 1.82) is 0 Å². The van der Waals surface area contributed by atoms with Gasteiger partial charge in [-0.15, -0.1) is 0 Å². The van der Waals surface area contributed by atoms with Gasteiger partial charge < -0.3 is 15.2 Å². The van der Waals surface area contributed by atoms with Crippen LogP contribution >= 0.6 is 0 Å². The van der Waals surface area contributed by atoms with Crippen molar-refractivity contribution < 1.29 is 9.47 Å². The fourth-order valence-corrected chi connectivity index (χ4v) is 1.70. The summed E-state index contributed by atoms with van der Waals surface area (Å²) in [6.45, 7) is 2.93. The van der Waals surface area contributed by atoms with Crippen molar-refractivity contribution in [3.8, 4) is 5.75 Å². The third-order valence-corrected chi connectivity index (χ3v) is 2.57. The molecule has 1 aromatic carbocycles. The van der Waals surface area contributed by atoms with Gasteiger partial charge in [0.1, 0.15) is 5.75 Å². The highest BCUT2D eigenvalue weighted by atomic mass is 16.5. The molecule has 0 spiro atoms. The number of fused-ring (bicyclic) bond motifs is 1. The normalized spacial score (nSPS) is 14.7. The van der Waals surface area contributed by atoms with Crippen LogP contribution in [0.2, 0.25) is 0 Å². The van der Waals surface area contributed by atoms with E-state index in [1.165, 1.54) is 11.1 Å². The molecule has 0 aliphatic carbocycles. The standard InChI is InChI=1S/C12H17NO2/c13-5-1-6-15-12-3-2-11-9-14-7-4-10(11)8-12/h2-3,8H,1,4-7,9,13H2. The van der Waals surface area contributed by atoms with Crippen LogP contribution in [-0.2, 0) is 17.8 Å².